The van der Waals surface area contributed by atoms with Gasteiger partial charge in [0.25, 0.3) is 5.69 Å². The van der Waals surface area contributed by atoms with E-state index in [1.165, 1.54) is 18.2 Å². The molecule has 0 aliphatic heterocycles. The average molecular weight is 243 g/mol. The number of aromatic nitrogens is 2. The molecule has 9 heteroatoms. The quantitative estimate of drug-likeness (QED) is 0.454. The van der Waals surface area contributed by atoms with Gasteiger partial charge in [-0.2, -0.15) is 13.5 Å². The number of non-ortho nitro benzene ring substituents is 1. The first-order valence-corrected chi connectivity index (χ1v) is 5.44. The molecular weight excluding hydrogens is 238 g/mol. The van der Waals surface area contributed by atoms with Crippen LogP contribution in [0.2, 0.25) is 0 Å². The van der Waals surface area contributed by atoms with Crippen LogP contribution in [0.25, 0.3) is 10.9 Å². The predicted molar refractivity (Wildman–Crippen MR) is 52.6 cm³/mol. The maximum Gasteiger partial charge on any atom is 0.312 e. The normalized spacial score (nSPS) is 11.8. The predicted octanol–water partition coefficient (Wildman–Crippen LogP) is 0.718. The molecule has 0 fully saturated rings. The summed E-state index contributed by atoms with van der Waals surface area (Å²) in [6.45, 7) is 0. The van der Waals surface area contributed by atoms with E-state index >= 15 is 0 Å². The minimum atomic E-state index is -4.47. The van der Waals surface area contributed by atoms with Gasteiger partial charge >= 0.3 is 10.1 Å². The Balaban J connectivity index is 2.87. The summed E-state index contributed by atoms with van der Waals surface area (Å²) in [7, 11) is -4.47. The molecule has 16 heavy (non-hydrogen) atoms. The van der Waals surface area contributed by atoms with Crippen molar-refractivity contribution < 1.29 is 17.9 Å². The van der Waals surface area contributed by atoms with E-state index in [0.29, 0.717) is 0 Å². The van der Waals surface area contributed by atoms with Crippen molar-refractivity contribution in [1.82, 2.24) is 10.2 Å². The lowest BCUT2D eigenvalue weighted by Crippen LogP contribution is -1.98. The number of aromatic amines is 1. The van der Waals surface area contributed by atoms with Crippen molar-refractivity contribution in [3.05, 3.63) is 28.3 Å². The zero-order valence-electron chi connectivity index (χ0n) is 7.61. The molecule has 1 heterocycles. The van der Waals surface area contributed by atoms with Crippen LogP contribution in [0.3, 0.4) is 0 Å². The van der Waals surface area contributed by atoms with E-state index < -0.39 is 20.1 Å². The molecular formula is C7H5N3O5S. The summed E-state index contributed by atoms with van der Waals surface area (Å²) in [5.41, 5.74) is -0.441. The first kappa shape index (κ1) is 10.5. The van der Waals surface area contributed by atoms with Crippen molar-refractivity contribution in [3.63, 3.8) is 0 Å². The van der Waals surface area contributed by atoms with Crippen LogP contribution in [0.4, 0.5) is 5.69 Å². The first-order valence-electron chi connectivity index (χ1n) is 4.00. The van der Waals surface area contributed by atoms with Gasteiger partial charge in [-0.3, -0.25) is 19.8 Å². The number of hydrogen-bond donors (Lipinski definition) is 2. The molecule has 1 aromatic carbocycles. The van der Waals surface area contributed by atoms with Crippen LogP contribution in [-0.4, -0.2) is 28.1 Å². The largest absolute Gasteiger partial charge is 0.312 e. The number of rotatable bonds is 2. The first-order chi connectivity index (χ1) is 7.41. The van der Waals surface area contributed by atoms with Crippen LogP contribution in [0, 0.1) is 10.1 Å². The molecule has 2 aromatic rings. The van der Waals surface area contributed by atoms with Gasteiger partial charge in [-0.15, -0.1) is 0 Å². The number of para-hydroxylation sites is 1. The highest BCUT2D eigenvalue weighted by Gasteiger charge is 2.22. The Morgan fingerprint density at radius 3 is 2.69 bits per heavy atom. The second-order valence-corrected chi connectivity index (χ2v) is 4.32. The van der Waals surface area contributed by atoms with Crippen molar-refractivity contribution >= 4 is 26.7 Å². The Hall–Kier alpha value is -2.00. The molecule has 2 N–H and O–H groups in total. The van der Waals surface area contributed by atoms with Crippen LogP contribution < -0.4 is 0 Å². The van der Waals surface area contributed by atoms with Gasteiger partial charge in [-0.25, -0.2) is 0 Å². The number of hydrogen-bond acceptors (Lipinski definition) is 5. The third-order valence-corrected chi connectivity index (χ3v) is 2.81. The monoisotopic (exact) mass is 243 g/mol. The van der Waals surface area contributed by atoms with Crippen molar-refractivity contribution in [2.24, 2.45) is 0 Å². The van der Waals surface area contributed by atoms with Gasteiger partial charge in [0.05, 0.1) is 4.92 Å². The van der Waals surface area contributed by atoms with Crippen LogP contribution in [0.15, 0.2) is 23.2 Å². The van der Waals surface area contributed by atoms with Crippen LogP contribution in [0.5, 0.6) is 0 Å². The number of nitro benzene ring substituents is 1. The molecule has 0 saturated carbocycles. The number of H-pyrrole nitrogens is 1. The summed E-state index contributed by atoms with van der Waals surface area (Å²) in [6, 6.07) is 3.82. The number of nitro groups is 1. The van der Waals surface area contributed by atoms with Crippen LogP contribution in [-0.2, 0) is 10.1 Å². The maximum absolute atomic E-state index is 10.9. The van der Waals surface area contributed by atoms with Gasteiger partial charge in [-0.1, -0.05) is 6.07 Å². The molecule has 8 nitrogen and oxygen atoms in total. The number of fused-ring (bicyclic) bond motifs is 1. The Morgan fingerprint density at radius 1 is 1.44 bits per heavy atom. The van der Waals surface area contributed by atoms with Gasteiger partial charge < -0.3 is 0 Å². The van der Waals surface area contributed by atoms with Gasteiger partial charge in [0.2, 0.25) is 0 Å². The van der Waals surface area contributed by atoms with E-state index in [9.17, 15) is 18.5 Å². The fourth-order valence-electron chi connectivity index (χ4n) is 1.34. The zero-order chi connectivity index (χ0) is 11.9. The van der Waals surface area contributed by atoms with E-state index in [2.05, 4.69) is 10.2 Å². The minimum Gasteiger partial charge on any atom is -0.281 e. The van der Waals surface area contributed by atoms with E-state index in [0.717, 1.165) is 0 Å². The minimum absolute atomic E-state index is 0.0169. The highest BCUT2D eigenvalue weighted by Crippen LogP contribution is 2.27. The van der Waals surface area contributed by atoms with Gasteiger partial charge in [0.1, 0.15) is 0 Å². The topological polar surface area (TPSA) is 126 Å². The fraction of sp³-hybridized carbons (Fsp3) is 0. The fourth-order valence-corrected chi connectivity index (χ4v) is 1.95. The van der Waals surface area contributed by atoms with Crippen molar-refractivity contribution in [1.29, 1.82) is 0 Å². The summed E-state index contributed by atoms with van der Waals surface area (Å²) in [5.74, 6) is 0. The molecule has 2 rings (SSSR count). The summed E-state index contributed by atoms with van der Waals surface area (Å²) in [6.07, 6.45) is 0. The van der Waals surface area contributed by atoms with Gasteiger partial charge in [-0.05, 0) is 6.07 Å². The molecule has 0 amide bonds. The zero-order valence-corrected chi connectivity index (χ0v) is 8.43. The molecule has 0 bridgehead atoms. The summed E-state index contributed by atoms with van der Waals surface area (Å²) < 4.78 is 30.6. The highest BCUT2D eigenvalue weighted by molar-refractivity contribution is 7.86. The molecule has 0 radical (unpaired) electrons. The van der Waals surface area contributed by atoms with Crippen molar-refractivity contribution in [3.8, 4) is 0 Å². The Bertz CT molecular complexity index is 674. The van der Waals surface area contributed by atoms with E-state index in [-0.39, 0.29) is 16.6 Å². The maximum atomic E-state index is 10.9. The molecule has 0 saturated heterocycles. The summed E-state index contributed by atoms with van der Waals surface area (Å²) in [5, 5.41) is 15.6. The molecule has 0 aliphatic carbocycles. The van der Waals surface area contributed by atoms with E-state index in [1.807, 2.05) is 0 Å². The lowest BCUT2D eigenvalue weighted by Gasteiger charge is -1.93. The Labute approximate surface area is 88.8 Å². The van der Waals surface area contributed by atoms with E-state index in [4.69, 9.17) is 4.55 Å². The molecule has 84 valence electrons. The van der Waals surface area contributed by atoms with E-state index in [1.54, 1.807) is 0 Å². The number of nitrogens with zero attached hydrogens (tertiary/aromatic N) is 2. The number of benzene rings is 1. The second-order valence-electron chi connectivity index (χ2n) is 2.96. The average Bonchev–Trinajstić information content (AvgIpc) is 2.59. The molecule has 0 atom stereocenters. The molecule has 0 aliphatic rings. The van der Waals surface area contributed by atoms with Gasteiger partial charge in [0, 0.05) is 11.5 Å². The lowest BCUT2D eigenvalue weighted by atomic mass is 10.2. The van der Waals surface area contributed by atoms with Gasteiger partial charge in [0.15, 0.2) is 10.5 Å². The van der Waals surface area contributed by atoms with Crippen LogP contribution >= 0.6 is 0 Å². The molecule has 1 aromatic heterocycles. The summed E-state index contributed by atoms with van der Waals surface area (Å²) in [4.78, 5) is 9.93. The Morgan fingerprint density at radius 2 is 2.12 bits per heavy atom. The van der Waals surface area contributed by atoms with Crippen LogP contribution in [0.1, 0.15) is 0 Å². The Kier molecular flexibility index (Phi) is 2.14. The third-order valence-electron chi connectivity index (χ3n) is 1.98. The number of nitrogens with one attached hydrogen (secondary N) is 1. The standard InChI is InChI=1S/C7H5N3O5S/c11-10(12)5-3-1-2-4-6(5)8-9-7(4)16(13,14)15/h1-3H,(H,8,9)(H,13,14,15). The molecule has 0 spiro atoms. The lowest BCUT2D eigenvalue weighted by molar-refractivity contribution is -0.383. The van der Waals surface area contributed by atoms with Crippen molar-refractivity contribution in [2.45, 2.75) is 5.03 Å². The van der Waals surface area contributed by atoms with Crippen molar-refractivity contribution in [2.75, 3.05) is 0 Å². The summed E-state index contributed by atoms with van der Waals surface area (Å²) >= 11 is 0. The molecule has 0 unspecified atom stereocenters. The smallest absolute Gasteiger partial charge is 0.281 e. The third kappa shape index (κ3) is 1.51. The SMILES string of the molecule is O=[N+]([O-])c1cccc2c(S(=O)(=O)O)[nH]nc12. The highest BCUT2D eigenvalue weighted by atomic mass is 32.2. The second kappa shape index (κ2) is 3.25.